The van der Waals surface area contributed by atoms with Gasteiger partial charge in [0.15, 0.2) is 11.2 Å². The van der Waals surface area contributed by atoms with Gasteiger partial charge >= 0.3 is 0 Å². The van der Waals surface area contributed by atoms with Crippen molar-refractivity contribution in [3.8, 4) is 28.6 Å². The smallest absolute Gasteiger partial charge is 0.227 e. The maximum atomic E-state index is 6.10. The third-order valence-electron chi connectivity index (χ3n) is 6.94. The average Bonchev–Trinajstić information content (AvgIpc) is 3.66. The number of benzene rings is 5. The average molecular weight is 556 g/mol. The summed E-state index contributed by atoms with van der Waals surface area (Å²) in [6, 6.07) is 36.7. The quantitative estimate of drug-likeness (QED) is 0.218. The fourth-order valence-corrected chi connectivity index (χ4v) is 5.64. The second-order valence-corrected chi connectivity index (χ2v) is 10.1. The molecule has 0 aliphatic heterocycles. The molecule has 0 saturated carbocycles. The molecule has 0 saturated heterocycles. The molecule has 5 aromatic carbocycles. The van der Waals surface area contributed by atoms with Gasteiger partial charge in [0.2, 0.25) is 11.8 Å². The minimum atomic E-state index is 0.602. The maximum Gasteiger partial charge on any atom is 0.227 e. The highest BCUT2D eigenvalue weighted by Crippen LogP contribution is 2.39. The Labute approximate surface area is 225 Å². The van der Waals surface area contributed by atoms with Gasteiger partial charge in [0.1, 0.15) is 11.0 Å². The number of halogens is 1. The van der Waals surface area contributed by atoms with Crippen LogP contribution in [0.5, 0.6) is 0 Å². The number of hydrogen-bond acceptors (Lipinski definition) is 4. The van der Waals surface area contributed by atoms with E-state index in [1.165, 1.54) is 0 Å². The first-order chi connectivity index (χ1) is 18.7. The Morgan fingerprint density at radius 1 is 0.553 bits per heavy atom. The summed E-state index contributed by atoms with van der Waals surface area (Å²) in [6.07, 6.45) is 0. The Bertz CT molecular complexity index is 1970. The van der Waals surface area contributed by atoms with E-state index in [9.17, 15) is 0 Å². The molecule has 8 rings (SSSR count). The van der Waals surface area contributed by atoms with Crippen LogP contribution in [0.3, 0.4) is 0 Å². The van der Waals surface area contributed by atoms with Gasteiger partial charge in [0.25, 0.3) is 0 Å². The second kappa shape index (κ2) is 8.16. The van der Waals surface area contributed by atoms with Crippen molar-refractivity contribution in [3.63, 3.8) is 0 Å². The first-order valence-electron chi connectivity index (χ1n) is 12.3. The third kappa shape index (κ3) is 3.24. The van der Waals surface area contributed by atoms with E-state index >= 15 is 0 Å². The number of para-hydroxylation sites is 5. The van der Waals surface area contributed by atoms with Gasteiger partial charge in [-0.2, -0.15) is 0 Å². The van der Waals surface area contributed by atoms with Crippen LogP contribution in [-0.4, -0.2) is 14.5 Å². The monoisotopic (exact) mass is 555 g/mol. The summed E-state index contributed by atoms with van der Waals surface area (Å²) in [5.74, 6) is 1.20. The van der Waals surface area contributed by atoms with Gasteiger partial charge in [-0.1, -0.05) is 36.4 Å². The Balaban J connectivity index is 1.40. The van der Waals surface area contributed by atoms with Crippen LogP contribution in [0.4, 0.5) is 0 Å². The molecule has 180 valence electrons. The lowest BCUT2D eigenvalue weighted by atomic mass is 10.1. The predicted molar refractivity (Wildman–Crippen MR) is 154 cm³/mol. The summed E-state index contributed by atoms with van der Waals surface area (Å²) >= 11 is 3.76. The molecule has 0 fully saturated rings. The van der Waals surface area contributed by atoms with Crippen LogP contribution < -0.4 is 0 Å². The minimum absolute atomic E-state index is 0.602. The van der Waals surface area contributed by atoms with Crippen molar-refractivity contribution >= 4 is 59.9 Å². The van der Waals surface area contributed by atoms with E-state index in [1.54, 1.807) is 0 Å². The topological polar surface area (TPSA) is 57.0 Å². The predicted octanol–water partition coefficient (Wildman–Crippen LogP) is 9.16. The number of rotatable bonds is 3. The molecule has 0 amide bonds. The van der Waals surface area contributed by atoms with Gasteiger partial charge in [0, 0.05) is 26.4 Å². The van der Waals surface area contributed by atoms with E-state index in [1.807, 2.05) is 54.6 Å². The van der Waals surface area contributed by atoms with Crippen LogP contribution in [0, 0.1) is 0 Å². The van der Waals surface area contributed by atoms with E-state index in [-0.39, 0.29) is 0 Å². The van der Waals surface area contributed by atoms with Gasteiger partial charge in [-0.25, -0.2) is 9.97 Å². The lowest BCUT2D eigenvalue weighted by Gasteiger charge is -2.10. The summed E-state index contributed by atoms with van der Waals surface area (Å²) in [5.41, 5.74) is 8.32. The van der Waals surface area contributed by atoms with Gasteiger partial charge in [-0.3, -0.25) is 0 Å². The Morgan fingerprint density at radius 2 is 1.05 bits per heavy atom. The van der Waals surface area contributed by atoms with Crippen molar-refractivity contribution in [3.05, 3.63) is 114 Å². The summed E-state index contributed by atoms with van der Waals surface area (Å²) in [5, 5.41) is 2.18. The van der Waals surface area contributed by atoms with E-state index in [4.69, 9.17) is 18.8 Å². The van der Waals surface area contributed by atoms with E-state index in [0.717, 1.165) is 65.3 Å². The van der Waals surface area contributed by atoms with Gasteiger partial charge in [-0.05, 0) is 88.7 Å². The summed E-state index contributed by atoms with van der Waals surface area (Å²) < 4.78 is 15.5. The van der Waals surface area contributed by atoms with Crippen molar-refractivity contribution in [1.29, 1.82) is 0 Å². The third-order valence-corrected chi connectivity index (χ3v) is 7.61. The van der Waals surface area contributed by atoms with Crippen LogP contribution in [0.1, 0.15) is 0 Å². The highest BCUT2D eigenvalue weighted by atomic mass is 79.9. The van der Waals surface area contributed by atoms with Crippen molar-refractivity contribution in [2.24, 2.45) is 0 Å². The molecule has 0 spiro atoms. The van der Waals surface area contributed by atoms with Crippen molar-refractivity contribution in [2.75, 3.05) is 0 Å². The zero-order chi connectivity index (χ0) is 25.2. The van der Waals surface area contributed by atoms with Crippen molar-refractivity contribution in [1.82, 2.24) is 14.5 Å². The Hall–Kier alpha value is -4.68. The van der Waals surface area contributed by atoms with E-state index < -0.39 is 0 Å². The molecule has 0 aliphatic rings. The van der Waals surface area contributed by atoms with Crippen LogP contribution in [-0.2, 0) is 0 Å². The molecule has 5 nitrogen and oxygen atoms in total. The SMILES string of the molecule is Brc1ccccc1-n1c2ccc(-c3nc4ccccc4o3)cc2c2cc(-c3nc4ccccc4o3)ccc21. The molecule has 0 atom stereocenters. The summed E-state index contributed by atoms with van der Waals surface area (Å²) in [7, 11) is 0. The molecular formula is C32H18BrN3O2. The fraction of sp³-hybridized carbons (Fsp3) is 0. The molecule has 38 heavy (non-hydrogen) atoms. The highest BCUT2D eigenvalue weighted by molar-refractivity contribution is 9.10. The van der Waals surface area contributed by atoms with E-state index in [2.05, 4.69) is 75.1 Å². The molecule has 0 unspecified atom stereocenters. The standard InChI is InChI=1S/C32H18BrN3O2/c33-23-7-1-4-10-28(23)36-26-15-13-19(31-34-24-8-2-5-11-29(24)37-31)17-21(26)22-18-20(14-16-27(22)36)32-35-25-9-3-6-12-30(25)38-32/h1-18H. The maximum absolute atomic E-state index is 6.10. The molecule has 0 radical (unpaired) electrons. The number of oxazole rings is 2. The molecule has 0 bridgehead atoms. The molecular weight excluding hydrogens is 538 g/mol. The van der Waals surface area contributed by atoms with Crippen LogP contribution >= 0.6 is 15.9 Å². The highest BCUT2D eigenvalue weighted by Gasteiger charge is 2.18. The lowest BCUT2D eigenvalue weighted by Crippen LogP contribution is -1.94. The van der Waals surface area contributed by atoms with Crippen LogP contribution in [0.2, 0.25) is 0 Å². The van der Waals surface area contributed by atoms with E-state index in [0.29, 0.717) is 11.8 Å². The number of aromatic nitrogens is 3. The van der Waals surface area contributed by atoms with Crippen LogP contribution in [0.25, 0.3) is 72.6 Å². The largest absolute Gasteiger partial charge is 0.436 e. The molecule has 3 heterocycles. The van der Waals surface area contributed by atoms with Gasteiger partial charge < -0.3 is 13.4 Å². The van der Waals surface area contributed by atoms with Crippen molar-refractivity contribution < 1.29 is 8.83 Å². The molecule has 0 N–H and O–H groups in total. The zero-order valence-electron chi connectivity index (χ0n) is 19.9. The van der Waals surface area contributed by atoms with Crippen LogP contribution in [0.15, 0.2) is 123 Å². The minimum Gasteiger partial charge on any atom is -0.436 e. The number of hydrogen-bond donors (Lipinski definition) is 0. The van der Waals surface area contributed by atoms with Gasteiger partial charge in [-0.15, -0.1) is 0 Å². The summed E-state index contributed by atoms with van der Waals surface area (Å²) in [6.45, 7) is 0. The lowest BCUT2D eigenvalue weighted by molar-refractivity contribution is 0.619. The summed E-state index contributed by atoms with van der Waals surface area (Å²) in [4.78, 5) is 9.46. The molecule has 8 aromatic rings. The molecule has 6 heteroatoms. The normalized spacial score (nSPS) is 11.8. The molecule has 0 aliphatic carbocycles. The van der Waals surface area contributed by atoms with Crippen molar-refractivity contribution in [2.45, 2.75) is 0 Å². The molecule has 3 aromatic heterocycles. The van der Waals surface area contributed by atoms with Gasteiger partial charge in [0.05, 0.1) is 16.7 Å². The Kier molecular flexibility index (Phi) is 4.60. The first kappa shape index (κ1) is 21.4. The Morgan fingerprint density at radius 3 is 1.58 bits per heavy atom. The zero-order valence-corrected chi connectivity index (χ0v) is 21.5. The number of fused-ring (bicyclic) bond motifs is 5. The second-order valence-electron chi connectivity index (χ2n) is 9.22. The first-order valence-corrected chi connectivity index (χ1v) is 13.1. The fourth-order valence-electron chi connectivity index (χ4n) is 5.17. The number of nitrogens with zero attached hydrogens (tertiary/aromatic N) is 3.